The van der Waals surface area contributed by atoms with Crippen molar-refractivity contribution in [2.75, 3.05) is 52.2 Å². The van der Waals surface area contributed by atoms with Crippen LogP contribution < -0.4 is 0 Å². The van der Waals surface area contributed by atoms with Crippen molar-refractivity contribution in [3.05, 3.63) is 47.5 Å². The average Bonchev–Trinajstić information content (AvgIpc) is 2.72. The Kier molecular flexibility index (Phi) is 9.92. The molecule has 0 N–H and O–H groups in total. The standard InChI is InChI=1S/C20H28N4O2S.2ClH/c1-23-9-11-24(12-10-23)20-19-18(8-5-13-26-19)21-27(22-20)15-14-25-16-17-6-3-2-4-7-17;;/h2-4,6-7H,5,8-16H2,1H3;2*1H. The molecule has 0 aliphatic carbocycles. The highest BCUT2D eigenvalue weighted by Crippen LogP contribution is 2.27. The molecular weight excluding hydrogens is 431 g/mol. The van der Waals surface area contributed by atoms with Crippen molar-refractivity contribution in [1.29, 1.82) is 0 Å². The zero-order valence-electron chi connectivity index (χ0n) is 16.8. The molecule has 1 aromatic carbocycles. The second kappa shape index (κ2) is 11.9. The minimum absolute atomic E-state index is 0. The summed E-state index contributed by atoms with van der Waals surface area (Å²) in [7, 11) is 1.81. The Balaban J connectivity index is 0.00000150. The van der Waals surface area contributed by atoms with Crippen LogP contribution in [0.25, 0.3) is 0 Å². The van der Waals surface area contributed by atoms with Gasteiger partial charge in [-0.15, -0.1) is 24.8 Å². The predicted octanol–water partition coefficient (Wildman–Crippen LogP) is 3.45. The summed E-state index contributed by atoms with van der Waals surface area (Å²) >= 11 is 0. The van der Waals surface area contributed by atoms with Crippen molar-refractivity contribution in [2.24, 2.45) is 8.76 Å². The molecule has 2 saturated heterocycles. The summed E-state index contributed by atoms with van der Waals surface area (Å²) < 4.78 is 21.7. The quantitative estimate of drug-likeness (QED) is 0.609. The maximum atomic E-state index is 5.98. The molecule has 4 rings (SSSR count). The molecule has 3 aliphatic heterocycles. The first kappa shape index (κ1) is 24.2. The summed E-state index contributed by atoms with van der Waals surface area (Å²) in [4.78, 5) is 4.73. The van der Waals surface area contributed by atoms with Crippen molar-refractivity contribution in [1.82, 2.24) is 9.80 Å². The minimum atomic E-state index is -0.367. The summed E-state index contributed by atoms with van der Waals surface area (Å²) in [6, 6.07) is 10.3. The van der Waals surface area contributed by atoms with Crippen LogP contribution in [0.5, 0.6) is 0 Å². The molecule has 0 radical (unpaired) electrons. The van der Waals surface area contributed by atoms with Crippen LogP contribution >= 0.6 is 24.8 Å². The molecule has 0 aromatic heterocycles. The number of allylic oxidation sites excluding steroid dienone is 1. The smallest absolute Gasteiger partial charge is 0.184 e. The van der Waals surface area contributed by atoms with E-state index < -0.39 is 0 Å². The van der Waals surface area contributed by atoms with Gasteiger partial charge in [0, 0.05) is 42.8 Å². The van der Waals surface area contributed by atoms with E-state index in [1.165, 1.54) is 5.56 Å². The van der Waals surface area contributed by atoms with Crippen LogP contribution in [-0.4, -0.2) is 67.7 Å². The van der Waals surface area contributed by atoms with Gasteiger partial charge in [-0.05, 0) is 25.5 Å². The van der Waals surface area contributed by atoms with Crippen molar-refractivity contribution in [3.8, 4) is 0 Å². The first-order chi connectivity index (χ1) is 13.3. The number of rotatable bonds is 6. The molecule has 1 aromatic rings. The number of halogens is 2. The Morgan fingerprint density at radius 2 is 1.86 bits per heavy atom. The topological polar surface area (TPSA) is 49.7 Å². The van der Waals surface area contributed by atoms with E-state index in [1.807, 2.05) is 18.2 Å². The van der Waals surface area contributed by atoms with Gasteiger partial charge < -0.3 is 19.3 Å². The SMILES string of the molecule is CN1CCN(C2=C3OCCCC3=NS(CCOCc3ccccc3)=N2)CC1.Cl.Cl. The van der Waals surface area contributed by atoms with Gasteiger partial charge in [0.25, 0.3) is 0 Å². The van der Waals surface area contributed by atoms with E-state index in [0.29, 0.717) is 13.2 Å². The summed E-state index contributed by atoms with van der Waals surface area (Å²) in [5.74, 6) is 2.79. The van der Waals surface area contributed by atoms with Crippen molar-refractivity contribution >= 4 is 41.4 Å². The number of nitrogens with zero attached hydrogens (tertiary/aromatic N) is 4. The third-order valence-electron chi connectivity index (χ3n) is 5.00. The zero-order valence-corrected chi connectivity index (χ0v) is 19.2. The molecule has 0 saturated carbocycles. The van der Waals surface area contributed by atoms with Crippen LogP contribution in [0.3, 0.4) is 0 Å². The van der Waals surface area contributed by atoms with E-state index >= 15 is 0 Å². The number of likely N-dealkylation sites (N-methyl/N-ethyl adjacent to an activating group) is 1. The van der Waals surface area contributed by atoms with E-state index in [4.69, 9.17) is 18.2 Å². The normalized spacial score (nSPS) is 21.8. The Morgan fingerprint density at radius 3 is 2.62 bits per heavy atom. The van der Waals surface area contributed by atoms with E-state index in [1.54, 1.807) is 0 Å². The lowest BCUT2D eigenvalue weighted by atomic mass is 10.1. The Morgan fingerprint density at radius 1 is 1.10 bits per heavy atom. The number of fused-ring (bicyclic) bond motifs is 1. The second-order valence-electron chi connectivity index (χ2n) is 7.11. The summed E-state index contributed by atoms with van der Waals surface area (Å²) in [6.45, 7) is 6.21. The number of hydrogen-bond acceptors (Lipinski definition) is 6. The zero-order chi connectivity index (χ0) is 18.5. The molecule has 2 fully saturated rings. The Labute approximate surface area is 188 Å². The lowest BCUT2D eigenvalue weighted by Gasteiger charge is -2.36. The second-order valence-corrected chi connectivity index (χ2v) is 8.56. The molecule has 0 bridgehead atoms. The first-order valence-electron chi connectivity index (χ1n) is 9.72. The van der Waals surface area contributed by atoms with Crippen LogP contribution in [0, 0.1) is 0 Å². The van der Waals surface area contributed by atoms with Crippen LogP contribution in [0.2, 0.25) is 0 Å². The summed E-state index contributed by atoms with van der Waals surface area (Å²) in [5, 5.41) is 0. The lowest BCUT2D eigenvalue weighted by Crippen LogP contribution is -2.44. The highest BCUT2D eigenvalue weighted by atomic mass is 35.5. The van der Waals surface area contributed by atoms with Crippen molar-refractivity contribution in [3.63, 3.8) is 0 Å². The van der Waals surface area contributed by atoms with Gasteiger partial charge in [0.05, 0.1) is 25.5 Å². The van der Waals surface area contributed by atoms with Crippen LogP contribution in [0.1, 0.15) is 18.4 Å². The van der Waals surface area contributed by atoms with Gasteiger partial charge >= 0.3 is 0 Å². The maximum absolute atomic E-state index is 5.98. The third-order valence-corrected chi connectivity index (χ3v) is 6.35. The molecule has 9 heteroatoms. The molecule has 3 heterocycles. The maximum Gasteiger partial charge on any atom is 0.184 e. The highest BCUT2D eigenvalue weighted by molar-refractivity contribution is 7.86. The van der Waals surface area contributed by atoms with Crippen molar-refractivity contribution in [2.45, 2.75) is 19.4 Å². The average molecular weight is 461 g/mol. The fourth-order valence-electron chi connectivity index (χ4n) is 3.39. The van der Waals surface area contributed by atoms with E-state index in [0.717, 1.165) is 68.7 Å². The van der Waals surface area contributed by atoms with Gasteiger partial charge in [-0.2, -0.15) is 4.36 Å². The molecule has 1 atom stereocenters. The number of ether oxygens (including phenoxy) is 2. The summed E-state index contributed by atoms with van der Waals surface area (Å²) in [5.41, 5.74) is 2.31. The fraction of sp³-hybridized carbons (Fsp3) is 0.550. The van der Waals surface area contributed by atoms with Gasteiger partial charge in [-0.25, -0.2) is 4.40 Å². The van der Waals surface area contributed by atoms with E-state index in [9.17, 15) is 0 Å². The molecule has 162 valence electrons. The van der Waals surface area contributed by atoms with Gasteiger partial charge in [0.1, 0.15) is 0 Å². The third kappa shape index (κ3) is 6.43. The predicted molar refractivity (Wildman–Crippen MR) is 124 cm³/mol. The lowest BCUT2D eigenvalue weighted by molar-refractivity contribution is 0.136. The van der Waals surface area contributed by atoms with Gasteiger partial charge in [-0.3, -0.25) is 0 Å². The molecule has 0 amide bonds. The molecule has 1 unspecified atom stereocenters. The van der Waals surface area contributed by atoms with Crippen LogP contribution in [0.4, 0.5) is 0 Å². The van der Waals surface area contributed by atoms with E-state index in [-0.39, 0.29) is 35.7 Å². The molecule has 29 heavy (non-hydrogen) atoms. The minimum Gasteiger partial charge on any atom is -0.488 e. The van der Waals surface area contributed by atoms with Gasteiger partial charge in [0.2, 0.25) is 0 Å². The molecule has 0 spiro atoms. The first-order valence-corrected chi connectivity index (χ1v) is 11.0. The Bertz CT molecular complexity index is 750. The van der Waals surface area contributed by atoms with Crippen LogP contribution in [-0.2, 0) is 27.0 Å². The van der Waals surface area contributed by atoms with Crippen molar-refractivity contribution < 1.29 is 9.47 Å². The molecular formula is C20H30Cl2N4O2S. The number of hydrogen-bond donors (Lipinski definition) is 0. The summed E-state index contributed by atoms with van der Waals surface area (Å²) in [6.07, 6.45) is 2.04. The highest BCUT2D eigenvalue weighted by Gasteiger charge is 2.28. The van der Waals surface area contributed by atoms with Crippen LogP contribution in [0.15, 0.2) is 50.7 Å². The Hall–Kier alpha value is -1.12. The largest absolute Gasteiger partial charge is 0.488 e. The molecule has 3 aliphatic rings. The number of piperazine rings is 1. The fourth-order valence-corrected chi connectivity index (χ4v) is 4.71. The molecule has 6 nitrogen and oxygen atoms in total. The number of benzene rings is 1. The van der Waals surface area contributed by atoms with Gasteiger partial charge in [0.15, 0.2) is 11.6 Å². The monoisotopic (exact) mass is 460 g/mol. The van der Waals surface area contributed by atoms with E-state index in [2.05, 4.69) is 29.0 Å². The van der Waals surface area contributed by atoms with Gasteiger partial charge in [-0.1, -0.05) is 30.3 Å².